The lowest BCUT2D eigenvalue weighted by molar-refractivity contribution is -0.145. The molecule has 0 heterocycles. The lowest BCUT2D eigenvalue weighted by Crippen LogP contribution is -2.46. The summed E-state index contributed by atoms with van der Waals surface area (Å²) < 4.78 is 9.75. The molecule has 8 nitrogen and oxygen atoms in total. The highest BCUT2D eigenvalue weighted by atomic mass is 16.5. The summed E-state index contributed by atoms with van der Waals surface area (Å²) in [5.41, 5.74) is 9.16. The summed E-state index contributed by atoms with van der Waals surface area (Å²) in [7, 11) is 2.80. The van der Waals surface area contributed by atoms with Crippen LogP contribution in [0, 0.1) is 0 Å². The zero-order chi connectivity index (χ0) is 16.5. The van der Waals surface area contributed by atoms with Crippen LogP contribution in [0.25, 0.3) is 10.4 Å². The number of methoxy groups -OCH3 is 2. The predicted octanol–water partition coefficient (Wildman–Crippen LogP) is 1.59. The Labute approximate surface area is 128 Å². The molecule has 0 aliphatic carbocycles. The van der Waals surface area contributed by atoms with Crippen LogP contribution in [0.3, 0.4) is 0 Å². The van der Waals surface area contributed by atoms with Gasteiger partial charge in [0.2, 0.25) is 5.91 Å². The minimum atomic E-state index is -0.909. The monoisotopic (exact) mass is 306 g/mol. The first-order valence-corrected chi connectivity index (χ1v) is 6.57. The van der Waals surface area contributed by atoms with Crippen LogP contribution in [-0.4, -0.2) is 38.2 Å². The fourth-order valence-corrected chi connectivity index (χ4v) is 1.76. The quantitative estimate of drug-likeness (QED) is 0.356. The molecular weight excluding hydrogens is 288 g/mol. The minimum absolute atomic E-state index is 0.255. The number of hydrogen-bond donors (Lipinski definition) is 1. The van der Waals surface area contributed by atoms with Crippen molar-refractivity contribution in [1.82, 2.24) is 5.32 Å². The summed E-state index contributed by atoms with van der Waals surface area (Å²) in [5.74, 6) is -0.418. The van der Waals surface area contributed by atoms with E-state index in [1.54, 1.807) is 31.4 Å². The van der Waals surface area contributed by atoms with Gasteiger partial charge in [-0.25, -0.2) is 4.79 Å². The number of azide groups is 1. The highest BCUT2D eigenvalue weighted by Gasteiger charge is 2.24. The number of rotatable bonds is 7. The van der Waals surface area contributed by atoms with Crippen molar-refractivity contribution in [2.45, 2.75) is 25.4 Å². The summed E-state index contributed by atoms with van der Waals surface area (Å²) in [6, 6.07) is 5.33. The number of ether oxygens (including phenoxy) is 2. The summed E-state index contributed by atoms with van der Waals surface area (Å²) >= 11 is 0. The molecule has 0 unspecified atom stereocenters. The van der Waals surface area contributed by atoms with Crippen LogP contribution in [0.1, 0.15) is 12.5 Å². The number of carbonyl (C=O) groups excluding carboxylic acids is 2. The van der Waals surface area contributed by atoms with Crippen molar-refractivity contribution in [3.63, 3.8) is 0 Å². The van der Waals surface area contributed by atoms with Crippen LogP contribution in [-0.2, 0) is 20.7 Å². The van der Waals surface area contributed by atoms with Crippen LogP contribution in [0.2, 0.25) is 0 Å². The average Bonchev–Trinajstić information content (AvgIpc) is 2.54. The van der Waals surface area contributed by atoms with E-state index >= 15 is 0 Å². The average molecular weight is 306 g/mol. The van der Waals surface area contributed by atoms with Gasteiger partial charge in [-0.3, -0.25) is 4.79 Å². The third-order valence-corrected chi connectivity index (χ3v) is 3.01. The number of nitrogens with one attached hydrogen (secondary N) is 1. The molecule has 0 radical (unpaired) electrons. The molecule has 0 bridgehead atoms. The van der Waals surface area contributed by atoms with Crippen molar-refractivity contribution < 1.29 is 19.1 Å². The van der Waals surface area contributed by atoms with Crippen molar-refractivity contribution in [3.05, 3.63) is 40.3 Å². The number of amides is 1. The molecular formula is C14H18N4O4. The number of hydrogen-bond acceptors (Lipinski definition) is 5. The van der Waals surface area contributed by atoms with E-state index < -0.39 is 24.0 Å². The summed E-state index contributed by atoms with van der Waals surface area (Å²) in [5, 5.41) is 5.81. The van der Waals surface area contributed by atoms with Gasteiger partial charge in [0.05, 0.1) is 14.2 Å². The Kier molecular flexibility index (Phi) is 6.72. The highest BCUT2D eigenvalue weighted by Crippen LogP contribution is 2.13. The van der Waals surface area contributed by atoms with E-state index in [1.807, 2.05) is 0 Å². The van der Waals surface area contributed by atoms with E-state index in [0.717, 1.165) is 5.56 Å². The number of carbonyl (C=O) groups is 2. The van der Waals surface area contributed by atoms with Gasteiger partial charge in [0.1, 0.15) is 17.8 Å². The normalized spacial score (nSPS) is 12.5. The fourth-order valence-electron chi connectivity index (χ4n) is 1.76. The van der Waals surface area contributed by atoms with Gasteiger partial charge in [0.15, 0.2) is 0 Å². The van der Waals surface area contributed by atoms with E-state index in [1.165, 1.54) is 14.0 Å². The Morgan fingerprint density at radius 3 is 2.45 bits per heavy atom. The number of benzene rings is 1. The Balaban J connectivity index is 2.81. The predicted molar refractivity (Wildman–Crippen MR) is 79.3 cm³/mol. The fraction of sp³-hybridized carbons (Fsp3) is 0.429. The number of nitrogens with zero attached hydrogens (tertiary/aromatic N) is 3. The Morgan fingerprint density at radius 2 is 1.95 bits per heavy atom. The SMILES string of the molecule is COC(=O)[C@H](Cc1ccc(OC)cc1)NC(=O)[C@H](C)N=[N+]=[N-]. The van der Waals surface area contributed by atoms with Crippen LogP contribution in [0.15, 0.2) is 29.4 Å². The molecule has 0 saturated carbocycles. The summed E-state index contributed by atoms with van der Waals surface area (Å²) in [6.07, 6.45) is 0.255. The molecule has 1 aromatic carbocycles. The lowest BCUT2D eigenvalue weighted by Gasteiger charge is -2.18. The smallest absolute Gasteiger partial charge is 0.328 e. The van der Waals surface area contributed by atoms with Gasteiger partial charge < -0.3 is 14.8 Å². The number of esters is 1. The molecule has 118 valence electrons. The summed E-state index contributed by atoms with van der Waals surface area (Å²) in [4.78, 5) is 26.2. The second-order valence-corrected chi connectivity index (χ2v) is 4.52. The first-order chi connectivity index (χ1) is 10.5. The van der Waals surface area contributed by atoms with E-state index in [0.29, 0.717) is 5.75 Å². The van der Waals surface area contributed by atoms with Crippen molar-refractivity contribution in [2.75, 3.05) is 14.2 Å². The molecule has 1 amide bonds. The maximum Gasteiger partial charge on any atom is 0.328 e. The maximum absolute atomic E-state index is 11.9. The Bertz CT molecular complexity index is 567. The minimum Gasteiger partial charge on any atom is -0.497 e. The van der Waals surface area contributed by atoms with Crippen LogP contribution < -0.4 is 10.1 Å². The van der Waals surface area contributed by atoms with Gasteiger partial charge in [-0.1, -0.05) is 17.2 Å². The molecule has 8 heteroatoms. The Morgan fingerprint density at radius 1 is 1.32 bits per heavy atom. The van der Waals surface area contributed by atoms with Gasteiger partial charge in [-0.15, -0.1) is 0 Å². The van der Waals surface area contributed by atoms with Crippen LogP contribution in [0.4, 0.5) is 0 Å². The second-order valence-electron chi connectivity index (χ2n) is 4.52. The van der Waals surface area contributed by atoms with E-state index in [-0.39, 0.29) is 6.42 Å². The van der Waals surface area contributed by atoms with Crippen molar-refractivity contribution in [1.29, 1.82) is 0 Å². The summed E-state index contributed by atoms with van der Waals surface area (Å²) in [6.45, 7) is 1.44. The largest absolute Gasteiger partial charge is 0.497 e. The van der Waals surface area contributed by atoms with Gasteiger partial charge in [0, 0.05) is 11.3 Å². The van der Waals surface area contributed by atoms with Gasteiger partial charge in [-0.05, 0) is 30.2 Å². The van der Waals surface area contributed by atoms with E-state index in [2.05, 4.69) is 20.1 Å². The van der Waals surface area contributed by atoms with Gasteiger partial charge >= 0.3 is 5.97 Å². The molecule has 1 aromatic rings. The zero-order valence-electron chi connectivity index (χ0n) is 12.6. The molecule has 0 aromatic heterocycles. The molecule has 0 fully saturated rings. The van der Waals surface area contributed by atoms with Crippen molar-refractivity contribution in [2.24, 2.45) is 5.11 Å². The third-order valence-electron chi connectivity index (χ3n) is 3.01. The topological polar surface area (TPSA) is 113 Å². The highest BCUT2D eigenvalue weighted by molar-refractivity contribution is 5.87. The first-order valence-electron chi connectivity index (χ1n) is 6.57. The molecule has 0 saturated heterocycles. The van der Waals surface area contributed by atoms with Crippen molar-refractivity contribution in [3.8, 4) is 5.75 Å². The lowest BCUT2D eigenvalue weighted by atomic mass is 10.1. The van der Waals surface area contributed by atoms with E-state index in [4.69, 9.17) is 10.3 Å². The molecule has 0 aliphatic rings. The van der Waals surface area contributed by atoms with Crippen molar-refractivity contribution >= 4 is 11.9 Å². The molecule has 0 spiro atoms. The Hall–Kier alpha value is -2.73. The first kappa shape index (κ1) is 17.3. The van der Waals surface area contributed by atoms with Gasteiger partial charge in [-0.2, -0.15) is 0 Å². The zero-order valence-corrected chi connectivity index (χ0v) is 12.6. The molecule has 1 rings (SSSR count). The molecule has 22 heavy (non-hydrogen) atoms. The standard InChI is InChI=1S/C14H18N4O4/c1-9(17-18-15)13(19)16-12(14(20)22-3)8-10-4-6-11(21-2)7-5-10/h4-7,9,12H,8H2,1-3H3,(H,16,19)/t9-,12-/m0/s1. The van der Waals surface area contributed by atoms with Crippen LogP contribution >= 0.6 is 0 Å². The molecule has 0 aliphatic heterocycles. The van der Waals surface area contributed by atoms with Crippen LogP contribution in [0.5, 0.6) is 5.75 Å². The second kappa shape index (κ2) is 8.53. The van der Waals surface area contributed by atoms with E-state index in [9.17, 15) is 9.59 Å². The molecule has 2 atom stereocenters. The maximum atomic E-state index is 11.9. The molecule has 1 N–H and O–H groups in total. The third kappa shape index (κ3) is 4.99. The van der Waals surface area contributed by atoms with Gasteiger partial charge in [0.25, 0.3) is 0 Å².